The molecule has 52 heavy (non-hydrogen) atoms. The number of amides is 1. The Morgan fingerprint density at radius 1 is 0.962 bits per heavy atom. The average molecular weight is 706 g/mol. The Hall–Kier alpha value is -4.79. The number of unbranched alkanes of at least 4 members (excludes halogenated alkanes) is 2. The van der Waals surface area contributed by atoms with Crippen LogP contribution in [0.25, 0.3) is 0 Å². The molecular weight excluding hydrogens is 652 g/mol. The highest BCUT2D eigenvalue weighted by atomic mass is 16.4. The number of Topliss-reactive ketones (excluding diaryl/α,β-unsaturated/α-hetero) is 2. The maximum absolute atomic E-state index is 14.4. The van der Waals surface area contributed by atoms with Crippen molar-refractivity contribution in [2.45, 2.75) is 109 Å². The largest absolute Gasteiger partial charge is 0.481 e. The third-order valence-electron chi connectivity index (χ3n) is 11.7. The molecule has 2 atom stereocenters. The van der Waals surface area contributed by atoms with E-state index in [0.717, 1.165) is 34.9 Å². The molecule has 1 fully saturated rings. The highest BCUT2D eigenvalue weighted by Crippen LogP contribution is 2.49. The minimum atomic E-state index is -0.835. The Kier molecular flexibility index (Phi) is 10.2. The van der Waals surface area contributed by atoms with E-state index >= 15 is 0 Å². The third-order valence-corrected chi connectivity index (χ3v) is 11.7. The summed E-state index contributed by atoms with van der Waals surface area (Å²) in [6.07, 6.45) is 8.11. The van der Waals surface area contributed by atoms with Gasteiger partial charge in [0.05, 0.1) is 22.7 Å². The molecule has 9 nitrogen and oxygen atoms in total. The van der Waals surface area contributed by atoms with Crippen LogP contribution < -0.4 is 10.2 Å². The topological polar surface area (TPSA) is 110 Å². The molecular formula is C43H53N4O5+. The quantitative estimate of drug-likeness (QED) is 0.135. The number of allylic oxidation sites excluding steroid dienone is 5. The monoisotopic (exact) mass is 705 g/mol. The molecule has 9 heteroatoms. The molecule has 274 valence electrons. The zero-order valence-corrected chi connectivity index (χ0v) is 31.7. The number of para-hydroxylation sites is 2. The second-order valence-electron chi connectivity index (χ2n) is 15.7. The molecule has 0 spiro atoms. The molecule has 2 aromatic rings. The zero-order valence-electron chi connectivity index (χ0n) is 31.7. The number of hydrogen-bond donors (Lipinski definition) is 2. The number of ketones is 2. The van der Waals surface area contributed by atoms with Gasteiger partial charge in [-0.15, -0.1) is 0 Å². The molecule has 3 heterocycles. The summed E-state index contributed by atoms with van der Waals surface area (Å²) in [5, 5.41) is 12.0. The standard InChI is InChI=1S/C43H52N4O5/c1-8-31(35(48)22-10-9-11-23-38(49)50)44-41(52)34-21-16-24-47(34)39-27(25-36-42(2,3)29-17-12-14-19-32(29)45(36)6)40(51)28(39)26-37-43(4,5)30-18-13-15-20-33(30)46(37)7/h12-15,17-20,25-26,31,34H,8-11,16,21-24H2,1-7H3,(H-,44,49,50,52)/p+1/t31-,34+/m0/s1. The van der Waals surface area contributed by atoms with Crippen molar-refractivity contribution in [1.29, 1.82) is 0 Å². The van der Waals surface area contributed by atoms with Gasteiger partial charge in [-0.25, -0.2) is 0 Å². The van der Waals surface area contributed by atoms with Crippen molar-refractivity contribution in [3.05, 3.63) is 94.4 Å². The molecule has 0 unspecified atom stereocenters. The fourth-order valence-corrected chi connectivity index (χ4v) is 8.72. The van der Waals surface area contributed by atoms with Gasteiger partial charge < -0.3 is 20.2 Å². The van der Waals surface area contributed by atoms with Gasteiger partial charge in [0.2, 0.25) is 11.6 Å². The molecule has 2 N–H and O–H groups in total. The summed E-state index contributed by atoms with van der Waals surface area (Å²) in [6, 6.07) is 15.5. The van der Waals surface area contributed by atoms with Gasteiger partial charge in [0.25, 0.3) is 0 Å². The van der Waals surface area contributed by atoms with E-state index in [2.05, 4.69) is 71.7 Å². The lowest BCUT2D eigenvalue weighted by Gasteiger charge is -2.37. The minimum absolute atomic E-state index is 0.0340. The van der Waals surface area contributed by atoms with Crippen LogP contribution in [0.2, 0.25) is 0 Å². The average Bonchev–Trinajstić information content (AvgIpc) is 3.72. The summed E-state index contributed by atoms with van der Waals surface area (Å²) in [5.41, 5.74) is 8.00. The second kappa shape index (κ2) is 14.3. The number of likely N-dealkylation sites (N-methyl/N-ethyl adjacent to an activating group) is 1. The van der Waals surface area contributed by atoms with E-state index in [4.69, 9.17) is 5.11 Å². The molecule has 4 aliphatic rings. The first-order valence-corrected chi connectivity index (χ1v) is 18.8. The summed E-state index contributed by atoms with van der Waals surface area (Å²) in [4.78, 5) is 56.8. The molecule has 1 amide bonds. The summed E-state index contributed by atoms with van der Waals surface area (Å²) in [6.45, 7) is 11.3. The molecule has 1 saturated heterocycles. The second-order valence-corrected chi connectivity index (χ2v) is 15.7. The molecule has 1 aliphatic carbocycles. The molecule has 2 aromatic carbocycles. The van der Waals surface area contributed by atoms with Gasteiger partial charge in [0.1, 0.15) is 13.1 Å². The lowest BCUT2D eigenvalue weighted by atomic mass is 9.76. The number of rotatable bonds is 13. The van der Waals surface area contributed by atoms with Gasteiger partial charge in [-0.2, -0.15) is 4.58 Å². The Labute approximate surface area is 307 Å². The van der Waals surface area contributed by atoms with Crippen molar-refractivity contribution in [2.75, 3.05) is 25.5 Å². The fourth-order valence-electron chi connectivity index (χ4n) is 8.72. The number of likely N-dealkylation sites (tertiary alicyclic amines) is 1. The lowest BCUT2D eigenvalue weighted by Crippen LogP contribution is -2.50. The van der Waals surface area contributed by atoms with Crippen molar-refractivity contribution in [3.8, 4) is 0 Å². The number of aliphatic carboxylic acids is 1. The van der Waals surface area contributed by atoms with Gasteiger partial charge in [0.15, 0.2) is 17.3 Å². The number of carboxylic acids is 1. The van der Waals surface area contributed by atoms with Crippen molar-refractivity contribution < 1.29 is 28.9 Å². The fraction of sp³-hybridized carbons (Fsp3) is 0.465. The van der Waals surface area contributed by atoms with Crippen molar-refractivity contribution >= 4 is 40.5 Å². The van der Waals surface area contributed by atoms with Crippen molar-refractivity contribution in [2.24, 2.45) is 0 Å². The van der Waals surface area contributed by atoms with E-state index in [0.29, 0.717) is 56.2 Å². The first-order valence-electron chi connectivity index (χ1n) is 18.8. The van der Waals surface area contributed by atoms with Crippen LogP contribution in [0.1, 0.15) is 97.1 Å². The lowest BCUT2D eigenvalue weighted by molar-refractivity contribution is -0.401. The van der Waals surface area contributed by atoms with E-state index < -0.39 is 18.1 Å². The molecule has 0 bridgehead atoms. The number of hydrogen-bond acceptors (Lipinski definition) is 6. The number of carbonyl (C=O) groups excluding carboxylic acids is 3. The van der Waals surface area contributed by atoms with Crippen LogP contribution in [-0.2, 0) is 30.0 Å². The zero-order chi connectivity index (χ0) is 37.5. The minimum Gasteiger partial charge on any atom is -0.481 e. The van der Waals surface area contributed by atoms with Crippen LogP contribution >= 0.6 is 0 Å². The van der Waals surface area contributed by atoms with Gasteiger partial charge >= 0.3 is 5.97 Å². The summed E-state index contributed by atoms with van der Waals surface area (Å²) in [7, 11) is 4.09. The van der Waals surface area contributed by atoms with Gasteiger partial charge in [0, 0.05) is 66.5 Å². The van der Waals surface area contributed by atoms with Crippen LogP contribution in [-0.4, -0.2) is 76.5 Å². The van der Waals surface area contributed by atoms with Crippen LogP contribution in [0.15, 0.2) is 83.2 Å². The van der Waals surface area contributed by atoms with E-state index in [1.807, 2.05) is 57.4 Å². The van der Waals surface area contributed by atoms with E-state index in [-0.39, 0.29) is 34.7 Å². The van der Waals surface area contributed by atoms with Gasteiger partial charge in [-0.3, -0.25) is 19.2 Å². The van der Waals surface area contributed by atoms with Crippen LogP contribution in [0, 0.1) is 0 Å². The predicted molar refractivity (Wildman–Crippen MR) is 204 cm³/mol. The van der Waals surface area contributed by atoms with Gasteiger partial charge in [-0.05, 0) is 63.7 Å². The number of nitrogens with one attached hydrogen (secondary N) is 1. The smallest absolute Gasteiger partial charge is 0.303 e. The highest BCUT2D eigenvalue weighted by Gasteiger charge is 2.48. The molecule has 0 saturated carbocycles. The number of fused-ring (bicyclic) bond motifs is 2. The van der Waals surface area contributed by atoms with E-state index in [1.54, 1.807) is 0 Å². The molecule has 0 radical (unpaired) electrons. The number of carboxylic acid groups (broad SMARTS) is 1. The molecule has 3 aliphatic heterocycles. The van der Waals surface area contributed by atoms with Crippen LogP contribution in [0.5, 0.6) is 0 Å². The highest BCUT2D eigenvalue weighted by molar-refractivity contribution is 6.25. The SMILES string of the molecule is CC[C@H](NC(=O)[C@H]1CCCN1C1=C(C=C2N(C)c3ccccc3C2(C)C)C(=O)C1=CC1=[N+](C)c2ccccc2C1(C)C)C(=O)CCCCCC(=O)O. The Morgan fingerprint density at radius 2 is 1.63 bits per heavy atom. The van der Waals surface area contributed by atoms with Crippen LogP contribution in [0.3, 0.4) is 0 Å². The van der Waals surface area contributed by atoms with Crippen molar-refractivity contribution in [3.63, 3.8) is 0 Å². The van der Waals surface area contributed by atoms with Crippen molar-refractivity contribution in [1.82, 2.24) is 10.2 Å². The summed E-state index contributed by atoms with van der Waals surface area (Å²) >= 11 is 0. The molecule has 0 aromatic heterocycles. The Bertz CT molecular complexity index is 1950. The first-order chi connectivity index (χ1) is 24.7. The third kappa shape index (κ3) is 6.43. The van der Waals surface area contributed by atoms with Crippen LogP contribution in [0.4, 0.5) is 11.4 Å². The number of benzene rings is 2. The first kappa shape index (κ1) is 37.0. The van der Waals surface area contributed by atoms with Gasteiger partial charge in [-0.1, -0.05) is 63.6 Å². The Balaban J connectivity index is 1.35. The maximum Gasteiger partial charge on any atom is 0.303 e. The number of anilines is 1. The Morgan fingerprint density at radius 3 is 2.31 bits per heavy atom. The number of nitrogens with zero attached hydrogens (tertiary/aromatic N) is 3. The summed E-state index contributed by atoms with van der Waals surface area (Å²) < 4.78 is 2.17. The van der Waals surface area contributed by atoms with E-state index in [1.165, 1.54) is 11.1 Å². The maximum atomic E-state index is 14.4. The number of carbonyl (C=O) groups is 4. The summed E-state index contributed by atoms with van der Waals surface area (Å²) in [5.74, 6) is -1.11. The normalized spacial score (nSPS) is 22.2. The molecule has 6 rings (SSSR count). The predicted octanol–water partition coefficient (Wildman–Crippen LogP) is 6.73. The van der Waals surface area contributed by atoms with E-state index in [9.17, 15) is 19.2 Å².